The van der Waals surface area contributed by atoms with E-state index in [-0.39, 0.29) is 18.1 Å². The number of hydrogen-bond acceptors (Lipinski definition) is 4. The number of nitrogens with one attached hydrogen (secondary N) is 1. The molecule has 0 saturated heterocycles. The molecule has 2 aromatic carbocycles. The first-order valence-corrected chi connectivity index (χ1v) is 11.8. The van der Waals surface area contributed by atoms with E-state index in [1.54, 1.807) is 6.92 Å². The van der Waals surface area contributed by atoms with Gasteiger partial charge in [-0.05, 0) is 30.5 Å². The first-order chi connectivity index (χ1) is 14.7. The fourth-order valence-electron chi connectivity index (χ4n) is 3.31. The summed E-state index contributed by atoms with van der Waals surface area (Å²) in [6, 6.07) is 14.0. The number of hydrogen-bond donors (Lipinski definition) is 1. The summed E-state index contributed by atoms with van der Waals surface area (Å²) in [5.41, 5.74) is 0.760. The molecule has 0 heterocycles. The second kappa shape index (κ2) is 10.9. The van der Waals surface area contributed by atoms with Crippen molar-refractivity contribution in [1.82, 2.24) is 10.2 Å². The van der Waals surface area contributed by atoms with Crippen LogP contribution in [-0.2, 0) is 26.0 Å². The van der Waals surface area contributed by atoms with Gasteiger partial charge in [0.05, 0.1) is 11.9 Å². The fraction of sp³-hybridized carbons (Fsp3) is 0.364. The zero-order chi connectivity index (χ0) is 23.0. The fourth-order valence-corrected chi connectivity index (χ4v) is 4.16. The molecular weight excluding hydrogens is 421 g/mol. The van der Waals surface area contributed by atoms with Crippen molar-refractivity contribution in [3.8, 4) is 0 Å². The summed E-state index contributed by atoms with van der Waals surface area (Å²) in [5.74, 6) is -1.68. The molecule has 0 radical (unpaired) electrons. The van der Waals surface area contributed by atoms with Gasteiger partial charge in [-0.25, -0.2) is 12.8 Å². The van der Waals surface area contributed by atoms with E-state index in [1.165, 1.54) is 30.1 Å². The van der Waals surface area contributed by atoms with Gasteiger partial charge in [-0.3, -0.25) is 13.9 Å². The maximum atomic E-state index is 14.3. The lowest BCUT2D eigenvalue weighted by Crippen LogP contribution is -2.52. The molecule has 2 aromatic rings. The monoisotopic (exact) mass is 449 g/mol. The third-order valence-corrected chi connectivity index (χ3v) is 6.04. The number of anilines is 1. The number of benzene rings is 2. The van der Waals surface area contributed by atoms with Crippen molar-refractivity contribution in [3.05, 3.63) is 66.0 Å². The van der Waals surface area contributed by atoms with Gasteiger partial charge in [0.25, 0.3) is 0 Å². The van der Waals surface area contributed by atoms with Crippen LogP contribution in [0.25, 0.3) is 0 Å². The molecule has 0 unspecified atom stereocenters. The quantitative estimate of drug-likeness (QED) is 0.602. The summed E-state index contributed by atoms with van der Waals surface area (Å²) in [6.45, 7) is 1.37. The van der Waals surface area contributed by atoms with Crippen LogP contribution in [0.3, 0.4) is 0 Å². The minimum absolute atomic E-state index is 0.212. The van der Waals surface area contributed by atoms with Gasteiger partial charge in [-0.15, -0.1) is 0 Å². The van der Waals surface area contributed by atoms with E-state index in [0.29, 0.717) is 12.8 Å². The second-order valence-electron chi connectivity index (χ2n) is 7.08. The van der Waals surface area contributed by atoms with Crippen LogP contribution in [0, 0.1) is 5.82 Å². The molecule has 0 fully saturated rings. The van der Waals surface area contributed by atoms with Crippen LogP contribution in [0.4, 0.5) is 10.1 Å². The van der Waals surface area contributed by atoms with E-state index < -0.39 is 34.3 Å². The minimum atomic E-state index is -3.95. The molecule has 0 aliphatic heterocycles. The molecule has 0 aromatic heterocycles. The van der Waals surface area contributed by atoms with Crippen LogP contribution in [-0.4, -0.2) is 57.6 Å². The number of amides is 2. The van der Waals surface area contributed by atoms with Crippen molar-refractivity contribution >= 4 is 27.5 Å². The second-order valence-corrected chi connectivity index (χ2v) is 8.99. The number of rotatable bonds is 10. The Kier molecular flexibility index (Phi) is 8.56. The van der Waals surface area contributed by atoms with Crippen LogP contribution < -0.4 is 9.62 Å². The molecule has 0 aliphatic rings. The van der Waals surface area contributed by atoms with Crippen molar-refractivity contribution in [2.45, 2.75) is 25.8 Å². The molecule has 0 saturated carbocycles. The van der Waals surface area contributed by atoms with Crippen molar-refractivity contribution in [2.75, 3.05) is 30.7 Å². The number of carbonyl (C=O) groups excluding carboxylic acids is 2. The van der Waals surface area contributed by atoms with E-state index in [2.05, 4.69) is 5.32 Å². The Morgan fingerprint density at radius 3 is 2.23 bits per heavy atom. The maximum absolute atomic E-state index is 14.3. The van der Waals surface area contributed by atoms with E-state index >= 15 is 0 Å². The van der Waals surface area contributed by atoms with Gasteiger partial charge in [0, 0.05) is 13.6 Å². The van der Waals surface area contributed by atoms with Gasteiger partial charge in [0.1, 0.15) is 18.4 Å². The highest BCUT2D eigenvalue weighted by atomic mass is 32.2. The Morgan fingerprint density at radius 1 is 1.06 bits per heavy atom. The van der Waals surface area contributed by atoms with Gasteiger partial charge in [0.2, 0.25) is 21.8 Å². The molecule has 0 spiro atoms. The van der Waals surface area contributed by atoms with Crippen molar-refractivity contribution in [3.63, 3.8) is 0 Å². The molecule has 168 valence electrons. The zero-order valence-electron chi connectivity index (χ0n) is 17.9. The van der Waals surface area contributed by atoms with Crippen molar-refractivity contribution in [1.29, 1.82) is 0 Å². The van der Waals surface area contributed by atoms with E-state index in [1.807, 2.05) is 30.3 Å². The smallest absolute Gasteiger partial charge is 0.244 e. The summed E-state index contributed by atoms with van der Waals surface area (Å²) in [6.07, 6.45) is 1.74. The third-order valence-electron chi connectivity index (χ3n) is 4.92. The highest BCUT2D eigenvalue weighted by Gasteiger charge is 2.31. The predicted octanol–water partition coefficient (Wildman–Crippen LogP) is 2.19. The Bertz CT molecular complexity index is 999. The third kappa shape index (κ3) is 6.52. The van der Waals surface area contributed by atoms with Crippen molar-refractivity contribution in [2.24, 2.45) is 0 Å². The summed E-state index contributed by atoms with van der Waals surface area (Å²) < 4.78 is 39.8. The Morgan fingerprint density at radius 2 is 1.68 bits per heavy atom. The van der Waals surface area contributed by atoms with Gasteiger partial charge in [0.15, 0.2) is 0 Å². The first kappa shape index (κ1) is 24.3. The number of carbonyl (C=O) groups is 2. The molecule has 7 nitrogen and oxygen atoms in total. The highest BCUT2D eigenvalue weighted by Crippen LogP contribution is 2.22. The standard InChI is InChI=1S/C22H28FN3O4S/c1-4-19(22(28)24-2)25(15-14-17-10-6-5-7-11-17)21(27)16-26(31(3,29)30)20-13-9-8-12-18(20)23/h5-13,19H,4,14-16H2,1-3H3,(H,24,28)/t19-/m0/s1. The Balaban J connectivity index is 2.35. The Hall–Kier alpha value is -2.94. The normalized spacial score (nSPS) is 12.1. The molecule has 1 N–H and O–H groups in total. The van der Waals surface area contributed by atoms with Crippen LogP contribution in [0.1, 0.15) is 18.9 Å². The SMILES string of the molecule is CC[C@@H](C(=O)NC)N(CCc1ccccc1)C(=O)CN(c1ccccc1F)S(C)(=O)=O. The summed E-state index contributed by atoms with van der Waals surface area (Å²) in [4.78, 5) is 27.0. The average molecular weight is 450 g/mol. The number of nitrogens with zero attached hydrogens (tertiary/aromatic N) is 2. The highest BCUT2D eigenvalue weighted by molar-refractivity contribution is 7.92. The largest absolute Gasteiger partial charge is 0.357 e. The topological polar surface area (TPSA) is 86.8 Å². The van der Waals surface area contributed by atoms with Gasteiger partial charge in [-0.2, -0.15) is 0 Å². The molecule has 31 heavy (non-hydrogen) atoms. The number of likely N-dealkylation sites (N-methyl/N-ethyl adjacent to an activating group) is 1. The lowest BCUT2D eigenvalue weighted by Gasteiger charge is -2.32. The van der Waals surface area contributed by atoms with E-state index in [0.717, 1.165) is 22.2 Å². The molecule has 2 rings (SSSR count). The van der Waals surface area contributed by atoms with E-state index in [9.17, 15) is 22.4 Å². The van der Waals surface area contributed by atoms with Gasteiger partial charge in [-0.1, -0.05) is 49.4 Å². The van der Waals surface area contributed by atoms with Crippen LogP contribution in [0.15, 0.2) is 54.6 Å². The average Bonchev–Trinajstić information content (AvgIpc) is 2.75. The number of para-hydroxylation sites is 1. The molecule has 9 heteroatoms. The van der Waals surface area contributed by atoms with Crippen LogP contribution in [0.5, 0.6) is 0 Å². The summed E-state index contributed by atoms with van der Waals surface area (Å²) in [7, 11) is -2.47. The summed E-state index contributed by atoms with van der Waals surface area (Å²) in [5, 5.41) is 2.55. The molecule has 2 amide bonds. The first-order valence-electron chi connectivity index (χ1n) is 9.96. The molecule has 1 atom stereocenters. The molecular formula is C22H28FN3O4S. The molecule has 0 aliphatic carbocycles. The van der Waals surface area contributed by atoms with Crippen molar-refractivity contribution < 1.29 is 22.4 Å². The minimum Gasteiger partial charge on any atom is -0.357 e. The van der Waals surface area contributed by atoms with Crippen LogP contribution >= 0.6 is 0 Å². The number of sulfonamides is 1. The maximum Gasteiger partial charge on any atom is 0.244 e. The van der Waals surface area contributed by atoms with Gasteiger partial charge < -0.3 is 10.2 Å². The molecule has 0 bridgehead atoms. The number of halogens is 1. The van der Waals surface area contributed by atoms with E-state index in [4.69, 9.17) is 0 Å². The lowest BCUT2D eigenvalue weighted by atomic mass is 10.1. The lowest BCUT2D eigenvalue weighted by molar-refractivity contribution is -0.139. The van der Waals surface area contributed by atoms with Gasteiger partial charge >= 0.3 is 0 Å². The zero-order valence-corrected chi connectivity index (χ0v) is 18.7. The van der Waals surface area contributed by atoms with Crippen LogP contribution in [0.2, 0.25) is 0 Å². The predicted molar refractivity (Wildman–Crippen MR) is 119 cm³/mol. The Labute approximate surface area is 182 Å². The summed E-state index contributed by atoms with van der Waals surface area (Å²) >= 11 is 0.